The van der Waals surface area contributed by atoms with Gasteiger partial charge in [0.05, 0.1) is 0 Å². The Hall–Kier alpha value is 0.943. The van der Waals surface area contributed by atoms with Crippen LogP contribution in [0.4, 0.5) is 0 Å². The van der Waals surface area contributed by atoms with Crippen LogP contribution in [-0.4, -0.2) is 0 Å². The number of halogens is 2. The molecule has 1 radical (unpaired) electrons. The summed E-state index contributed by atoms with van der Waals surface area (Å²) >= 11 is -0.826. The summed E-state index contributed by atoms with van der Waals surface area (Å²) in [6.07, 6.45) is 10.6. The van der Waals surface area contributed by atoms with Gasteiger partial charge in [0.1, 0.15) is 0 Å². The van der Waals surface area contributed by atoms with Gasteiger partial charge in [0.15, 0.2) is 0 Å². The molecule has 0 spiro atoms. The van der Waals surface area contributed by atoms with Gasteiger partial charge in [0.25, 0.3) is 0 Å². The van der Waals surface area contributed by atoms with Gasteiger partial charge in [-0.15, -0.1) is 0 Å². The Balaban J connectivity index is 0.000000424. The predicted octanol–water partition coefficient (Wildman–Crippen LogP) is 4.64. The van der Waals surface area contributed by atoms with Gasteiger partial charge in [-0.05, 0) is 13.3 Å². The van der Waals surface area contributed by atoms with Crippen molar-refractivity contribution in [2.75, 3.05) is 0 Å². The van der Waals surface area contributed by atoms with Crippen molar-refractivity contribution in [1.82, 2.24) is 0 Å². The molecule has 0 fully saturated rings. The quantitative estimate of drug-likeness (QED) is 0.711. The fourth-order valence-corrected chi connectivity index (χ4v) is 1.16. The molecule has 0 unspecified atom stereocenters. The number of unbranched alkanes of at least 4 members (excludes halogenated alkanes) is 1. The molecule has 0 saturated heterocycles. The van der Waals surface area contributed by atoms with E-state index in [-0.39, 0.29) is 0 Å². The number of hydrogen-bond acceptors (Lipinski definition) is 0. The molecule has 3 heteroatoms. The molecule has 0 bridgehead atoms. The molecule has 0 N–H and O–H groups in total. The minimum absolute atomic E-state index is 0.826. The molecule has 0 amide bonds. The molecule has 0 saturated carbocycles. The van der Waals surface area contributed by atoms with Crippen molar-refractivity contribution in [3.63, 3.8) is 0 Å². The van der Waals surface area contributed by atoms with Gasteiger partial charge < -0.3 is 0 Å². The Morgan fingerprint density at radius 2 is 1.92 bits per heavy atom. The monoisotopic (exact) mass is 295 g/mol. The van der Waals surface area contributed by atoms with Gasteiger partial charge >= 0.3 is 37.9 Å². The van der Waals surface area contributed by atoms with Gasteiger partial charge in [0.2, 0.25) is 0 Å². The molecule has 73 valence electrons. The van der Waals surface area contributed by atoms with Crippen LogP contribution in [-0.2, 0) is 20.8 Å². The Labute approximate surface area is 100 Å². The molecule has 0 heterocycles. The van der Waals surface area contributed by atoms with Crippen LogP contribution in [0.2, 0.25) is 0 Å². The summed E-state index contributed by atoms with van der Waals surface area (Å²) < 4.78 is 0. The summed E-state index contributed by atoms with van der Waals surface area (Å²) in [5.74, 6) is 1.50. The zero-order chi connectivity index (χ0) is 10.1. The summed E-state index contributed by atoms with van der Waals surface area (Å²) in [4.78, 5) is 0. The van der Waals surface area contributed by atoms with Gasteiger partial charge in [-0.1, -0.05) is 43.6 Å². The van der Waals surface area contributed by atoms with Gasteiger partial charge in [-0.2, -0.15) is 0 Å². The van der Waals surface area contributed by atoms with Crippen LogP contribution in [0.3, 0.4) is 0 Å². The summed E-state index contributed by atoms with van der Waals surface area (Å²) in [5.41, 5.74) is 1.39. The third kappa shape index (κ3) is 7.97. The van der Waals surface area contributed by atoms with Crippen LogP contribution in [0.25, 0.3) is 0 Å². The van der Waals surface area contributed by atoms with Crippen molar-refractivity contribution >= 4 is 17.0 Å². The molecule has 1 rings (SSSR count). The third-order valence-corrected chi connectivity index (χ3v) is 1.79. The van der Waals surface area contributed by atoms with E-state index in [4.69, 9.17) is 17.0 Å². The second-order valence-electron chi connectivity index (χ2n) is 2.97. The van der Waals surface area contributed by atoms with E-state index in [0.717, 1.165) is 0 Å². The van der Waals surface area contributed by atoms with Crippen LogP contribution >= 0.6 is 17.0 Å². The van der Waals surface area contributed by atoms with Crippen LogP contribution < -0.4 is 0 Å². The number of rotatable bonds is 3. The maximum absolute atomic E-state index is 4.93. The third-order valence-electron chi connectivity index (χ3n) is 1.79. The Kier molecular flexibility index (Phi) is 10.2. The zero-order valence-electron chi connectivity index (χ0n) is 8.11. The van der Waals surface area contributed by atoms with E-state index in [0.29, 0.717) is 0 Å². The van der Waals surface area contributed by atoms with E-state index in [1.54, 1.807) is 0 Å². The van der Waals surface area contributed by atoms with Crippen molar-refractivity contribution in [1.29, 1.82) is 0 Å². The van der Waals surface area contributed by atoms with Crippen LogP contribution in [0.5, 0.6) is 0 Å². The summed E-state index contributed by atoms with van der Waals surface area (Å²) in [7, 11) is 9.87. The Morgan fingerprint density at radius 1 is 1.31 bits per heavy atom. The summed E-state index contributed by atoms with van der Waals surface area (Å²) in [5, 5.41) is 0. The summed E-state index contributed by atoms with van der Waals surface area (Å²) in [6.45, 7) is 4.38. The molecular formula is C10H15Cl2Zr. The molecule has 0 aromatic carbocycles. The number of hydrogen-bond donors (Lipinski definition) is 0. The maximum atomic E-state index is 4.93. The molecule has 0 atom stereocenters. The van der Waals surface area contributed by atoms with Crippen molar-refractivity contribution in [3.8, 4) is 0 Å². The molecule has 0 aromatic rings. The first-order valence-corrected chi connectivity index (χ1v) is 10.8. The molecule has 0 nitrogen and oxygen atoms in total. The van der Waals surface area contributed by atoms with E-state index in [2.05, 4.69) is 32.1 Å². The average molecular weight is 297 g/mol. The van der Waals surface area contributed by atoms with E-state index in [1.165, 1.54) is 30.8 Å². The van der Waals surface area contributed by atoms with Crippen molar-refractivity contribution in [3.05, 3.63) is 29.7 Å². The van der Waals surface area contributed by atoms with E-state index in [9.17, 15) is 0 Å². The van der Waals surface area contributed by atoms with Crippen molar-refractivity contribution in [2.24, 2.45) is 0 Å². The van der Waals surface area contributed by atoms with Gasteiger partial charge in [0, 0.05) is 5.92 Å². The van der Waals surface area contributed by atoms with Gasteiger partial charge in [-0.3, -0.25) is 0 Å². The Bertz CT molecular complexity index is 176. The molecule has 13 heavy (non-hydrogen) atoms. The standard InChI is InChI=1S/C10H15.2ClH.Zr/c1-3-4-5-10-7-6-9(2)8-10;;;/h6-8H,3-5H2,1-2H3;2*1H;/q;;;+2/p-2. The topological polar surface area (TPSA) is 0 Å². The fraction of sp³-hybridized carbons (Fsp3) is 0.500. The van der Waals surface area contributed by atoms with Gasteiger partial charge in [-0.25, -0.2) is 0 Å². The first kappa shape index (κ1) is 13.9. The summed E-state index contributed by atoms with van der Waals surface area (Å²) in [6, 6.07) is 0. The Morgan fingerprint density at radius 3 is 2.31 bits per heavy atom. The first-order valence-electron chi connectivity index (χ1n) is 4.43. The van der Waals surface area contributed by atoms with E-state index >= 15 is 0 Å². The fourth-order valence-electron chi connectivity index (χ4n) is 1.16. The second kappa shape index (κ2) is 9.50. The number of allylic oxidation sites excluding steroid dienone is 4. The molecule has 0 aliphatic heterocycles. The minimum atomic E-state index is -0.826. The molecule has 1 aliphatic rings. The van der Waals surface area contributed by atoms with E-state index < -0.39 is 20.8 Å². The molecular weight excluding hydrogens is 282 g/mol. The average Bonchev–Trinajstić information content (AvgIpc) is 2.49. The van der Waals surface area contributed by atoms with Crippen LogP contribution in [0, 0.1) is 5.92 Å². The normalized spacial score (nSPS) is 14.9. The predicted molar refractivity (Wildman–Crippen MR) is 57.4 cm³/mol. The van der Waals surface area contributed by atoms with Crippen LogP contribution in [0.1, 0.15) is 33.1 Å². The van der Waals surface area contributed by atoms with E-state index in [1.807, 2.05) is 0 Å². The SMILES string of the molecule is CCCC[C]1C=CC(C)=C1.[Cl][Zr][Cl]. The van der Waals surface area contributed by atoms with Crippen LogP contribution in [0.15, 0.2) is 23.8 Å². The first-order chi connectivity index (χ1) is 6.24. The molecule has 1 aliphatic carbocycles. The van der Waals surface area contributed by atoms with Crippen molar-refractivity contribution in [2.45, 2.75) is 33.1 Å². The zero-order valence-corrected chi connectivity index (χ0v) is 12.1. The second-order valence-corrected chi connectivity index (χ2v) is 6.70. The van der Waals surface area contributed by atoms with Crippen molar-refractivity contribution < 1.29 is 20.8 Å². The molecule has 0 aromatic heterocycles.